The Balaban J connectivity index is 1.04. The van der Waals surface area contributed by atoms with Crippen molar-refractivity contribution in [2.24, 2.45) is 0 Å². The Morgan fingerprint density at radius 3 is 1.40 bits per heavy atom. The van der Waals surface area contributed by atoms with E-state index in [0.29, 0.717) is 0 Å². The first kappa shape index (κ1) is 32.5. The Kier molecular flexibility index (Phi) is 7.23. The second-order valence-corrected chi connectivity index (χ2v) is 15.2. The highest BCUT2D eigenvalue weighted by Crippen LogP contribution is 2.44. The van der Waals surface area contributed by atoms with E-state index in [1.165, 1.54) is 65.7 Å². The average Bonchev–Trinajstić information content (AvgIpc) is 3.30. The number of hydrogen-bond acceptors (Lipinski definition) is 3. The molecule has 0 radical (unpaired) electrons. The van der Waals surface area contributed by atoms with Crippen molar-refractivity contribution in [1.29, 1.82) is 0 Å². The number of rotatable bonds is 5. The van der Waals surface area contributed by atoms with Crippen LogP contribution in [0.3, 0.4) is 0 Å². The van der Waals surface area contributed by atoms with Gasteiger partial charge in [0, 0.05) is 39.7 Å². The van der Waals surface area contributed by atoms with Crippen LogP contribution in [-0.4, -0.2) is 15.0 Å². The molecule has 0 saturated heterocycles. The Morgan fingerprint density at radius 1 is 0.276 bits per heavy atom. The van der Waals surface area contributed by atoms with Crippen LogP contribution in [0.1, 0.15) is 0 Å². The molecule has 0 aliphatic carbocycles. The van der Waals surface area contributed by atoms with Gasteiger partial charge in [-0.05, 0) is 101 Å². The summed E-state index contributed by atoms with van der Waals surface area (Å²) < 4.78 is 0. The number of pyridine rings is 3. The SMILES string of the molecule is c1ccc(-c2cc(-c3ccccc3)cc(-c3ccc4ccc5c(-c6ccc7ccc8ccc(-c9cncc%10ccccc9%10)nc8c7n6)ccc6ccc3c4c65)c2)cc1. The lowest BCUT2D eigenvalue weighted by Gasteiger charge is -2.17. The third-order valence-electron chi connectivity index (χ3n) is 11.9. The van der Waals surface area contributed by atoms with Gasteiger partial charge in [-0.3, -0.25) is 4.98 Å². The topological polar surface area (TPSA) is 38.7 Å². The minimum atomic E-state index is 0.889. The van der Waals surface area contributed by atoms with Crippen LogP contribution in [0.4, 0.5) is 0 Å². The highest BCUT2D eigenvalue weighted by molar-refractivity contribution is 6.27. The Hall–Kier alpha value is -7.75. The van der Waals surface area contributed by atoms with Crippen LogP contribution in [0.5, 0.6) is 0 Å². The van der Waals surface area contributed by atoms with Crippen molar-refractivity contribution in [2.45, 2.75) is 0 Å². The van der Waals surface area contributed by atoms with Crippen LogP contribution in [0, 0.1) is 0 Å². The normalized spacial score (nSPS) is 11.8. The number of hydrogen-bond donors (Lipinski definition) is 0. The van der Waals surface area contributed by atoms with Gasteiger partial charge in [0.1, 0.15) is 0 Å². The largest absolute Gasteiger partial charge is 0.263 e. The Morgan fingerprint density at radius 2 is 0.759 bits per heavy atom. The third kappa shape index (κ3) is 5.18. The molecular formula is C55H33N3. The molecule has 0 aliphatic rings. The maximum absolute atomic E-state index is 5.42. The van der Waals surface area contributed by atoms with Crippen LogP contribution in [-0.2, 0) is 0 Å². The van der Waals surface area contributed by atoms with E-state index in [9.17, 15) is 0 Å². The summed E-state index contributed by atoms with van der Waals surface area (Å²) in [5, 5.41) is 11.8. The summed E-state index contributed by atoms with van der Waals surface area (Å²) in [7, 11) is 0. The molecule has 3 aromatic heterocycles. The monoisotopic (exact) mass is 735 g/mol. The lowest BCUT2D eigenvalue weighted by Crippen LogP contribution is -1.93. The van der Waals surface area contributed by atoms with Crippen molar-refractivity contribution in [2.75, 3.05) is 0 Å². The smallest absolute Gasteiger partial charge is 0.0972 e. The molecule has 3 heteroatoms. The summed E-state index contributed by atoms with van der Waals surface area (Å²) in [6, 6.07) is 67.8. The molecule has 0 atom stereocenters. The highest BCUT2D eigenvalue weighted by atomic mass is 14.8. The van der Waals surface area contributed by atoms with Gasteiger partial charge in [-0.25, -0.2) is 9.97 Å². The Labute approximate surface area is 334 Å². The number of aromatic nitrogens is 3. The second-order valence-electron chi connectivity index (χ2n) is 15.2. The van der Waals surface area contributed by atoms with Gasteiger partial charge in [0.25, 0.3) is 0 Å². The summed E-state index contributed by atoms with van der Waals surface area (Å²) in [5.74, 6) is 0. The average molecular weight is 736 g/mol. The van der Waals surface area contributed by atoms with Gasteiger partial charge in [0.2, 0.25) is 0 Å². The minimum absolute atomic E-state index is 0.889. The summed E-state index contributed by atoms with van der Waals surface area (Å²) in [6.45, 7) is 0. The van der Waals surface area contributed by atoms with E-state index in [1.807, 2.05) is 18.5 Å². The van der Waals surface area contributed by atoms with Crippen molar-refractivity contribution < 1.29 is 0 Å². The molecule has 0 fully saturated rings. The zero-order valence-electron chi connectivity index (χ0n) is 31.4. The van der Waals surface area contributed by atoms with E-state index in [1.54, 1.807) is 0 Å². The molecule has 0 unspecified atom stereocenters. The van der Waals surface area contributed by atoms with Crippen molar-refractivity contribution in [3.05, 3.63) is 200 Å². The van der Waals surface area contributed by atoms with Crippen molar-refractivity contribution in [3.63, 3.8) is 0 Å². The van der Waals surface area contributed by atoms with Crippen LogP contribution in [0.15, 0.2) is 200 Å². The molecule has 12 aromatic rings. The standard InChI is InChI=1S/C55H33N3/c1-3-9-34(10-4-1)41-29-42(35-11-5-2-6-12-35)31-43(30-41)45-23-17-36-20-26-48-46(24-18-37-19-25-47(45)52(36)53(37)48)50-27-21-38-15-16-39-22-28-51(58-55(39)54(38)57-50)49-33-56-32-40-13-7-8-14-44(40)49/h1-33H. The maximum atomic E-state index is 5.42. The summed E-state index contributed by atoms with van der Waals surface area (Å²) >= 11 is 0. The first-order valence-electron chi connectivity index (χ1n) is 19.7. The fourth-order valence-corrected chi connectivity index (χ4v) is 9.04. The van der Waals surface area contributed by atoms with Gasteiger partial charge in [0.15, 0.2) is 0 Å². The van der Waals surface area contributed by atoms with Crippen LogP contribution >= 0.6 is 0 Å². The van der Waals surface area contributed by atoms with E-state index < -0.39 is 0 Å². The summed E-state index contributed by atoms with van der Waals surface area (Å²) in [4.78, 5) is 15.2. The van der Waals surface area contributed by atoms with Gasteiger partial charge < -0.3 is 0 Å². The molecule has 0 amide bonds. The van der Waals surface area contributed by atoms with Crippen LogP contribution in [0.2, 0.25) is 0 Å². The van der Waals surface area contributed by atoms with Gasteiger partial charge in [-0.1, -0.05) is 158 Å². The van der Waals surface area contributed by atoms with E-state index in [4.69, 9.17) is 9.97 Å². The quantitative estimate of drug-likeness (QED) is 0.165. The molecule has 12 rings (SSSR count). The van der Waals surface area contributed by atoms with Gasteiger partial charge in [0.05, 0.1) is 22.4 Å². The lowest BCUT2D eigenvalue weighted by atomic mass is 9.86. The molecular weight excluding hydrogens is 703 g/mol. The zero-order valence-corrected chi connectivity index (χ0v) is 31.4. The van der Waals surface area contributed by atoms with Gasteiger partial charge >= 0.3 is 0 Å². The molecule has 9 aromatic carbocycles. The van der Waals surface area contributed by atoms with Crippen molar-refractivity contribution in [3.8, 4) is 55.9 Å². The van der Waals surface area contributed by atoms with Crippen molar-refractivity contribution in [1.82, 2.24) is 15.0 Å². The zero-order chi connectivity index (χ0) is 38.2. The molecule has 0 spiro atoms. The molecule has 3 nitrogen and oxygen atoms in total. The maximum Gasteiger partial charge on any atom is 0.0972 e. The number of fused-ring (bicyclic) bond motifs is 4. The van der Waals surface area contributed by atoms with Crippen LogP contribution in [0.25, 0.3) is 121 Å². The molecule has 0 aliphatic heterocycles. The molecule has 0 saturated carbocycles. The van der Waals surface area contributed by atoms with Gasteiger partial charge in [-0.2, -0.15) is 0 Å². The first-order valence-corrected chi connectivity index (χ1v) is 19.7. The van der Waals surface area contributed by atoms with Gasteiger partial charge in [-0.15, -0.1) is 0 Å². The molecule has 268 valence electrons. The molecule has 3 heterocycles. The fourth-order valence-electron chi connectivity index (χ4n) is 9.04. The van der Waals surface area contributed by atoms with E-state index >= 15 is 0 Å². The van der Waals surface area contributed by atoms with Crippen molar-refractivity contribution >= 4 is 64.9 Å². The summed E-state index contributed by atoms with van der Waals surface area (Å²) in [6.07, 6.45) is 3.82. The fraction of sp³-hybridized carbons (Fsp3) is 0. The number of benzene rings is 9. The highest BCUT2D eigenvalue weighted by Gasteiger charge is 2.18. The predicted molar refractivity (Wildman–Crippen MR) is 243 cm³/mol. The van der Waals surface area contributed by atoms with E-state index in [2.05, 4.69) is 187 Å². The molecule has 0 N–H and O–H groups in total. The molecule has 0 bridgehead atoms. The summed E-state index contributed by atoms with van der Waals surface area (Å²) in [5.41, 5.74) is 13.0. The first-order chi connectivity index (χ1) is 28.7. The minimum Gasteiger partial charge on any atom is -0.263 e. The molecule has 58 heavy (non-hydrogen) atoms. The Bertz CT molecular complexity index is 3490. The van der Waals surface area contributed by atoms with Crippen LogP contribution < -0.4 is 0 Å². The van der Waals surface area contributed by atoms with E-state index in [0.717, 1.165) is 55.1 Å². The third-order valence-corrected chi connectivity index (χ3v) is 11.9. The van der Waals surface area contributed by atoms with E-state index in [-0.39, 0.29) is 0 Å². The lowest BCUT2D eigenvalue weighted by molar-refractivity contribution is 1.33. The second kappa shape index (κ2) is 12.9. The number of nitrogens with zero attached hydrogens (tertiary/aromatic N) is 3. The predicted octanol–water partition coefficient (Wildman–Crippen LogP) is 14.6.